The molecule has 1 aromatic carbocycles. The van der Waals surface area contributed by atoms with E-state index < -0.39 is 29.4 Å². The van der Waals surface area contributed by atoms with Crippen LogP contribution in [0.3, 0.4) is 0 Å². The molecule has 2 rings (SSSR count). The standard InChI is InChI=1S/C16H23NO4/c1-15(2,3)21-14(20)17-16(9-12(18)13(19)10-16)11-7-5-4-6-8-11/h4-8,12-13,18-19H,9-10H2,1-3H3,(H,17,20)/t12-,13-/m0/s1. The highest BCUT2D eigenvalue weighted by Gasteiger charge is 2.47. The lowest BCUT2D eigenvalue weighted by atomic mass is 9.88. The molecule has 0 aliphatic heterocycles. The van der Waals surface area contributed by atoms with E-state index in [0.717, 1.165) is 5.56 Å². The molecule has 1 aliphatic carbocycles. The number of nitrogens with one attached hydrogen (secondary N) is 1. The van der Waals surface area contributed by atoms with Gasteiger partial charge in [0.2, 0.25) is 0 Å². The van der Waals surface area contributed by atoms with E-state index in [9.17, 15) is 15.0 Å². The molecule has 0 radical (unpaired) electrons. The maximum Gasteiger partial charge on any atom is 0.408 e. The van der Waals surface area contributed by atoms with Gasteiger partial charge in [-0.25, -0.2) is 4.79 Å². The fourth-order valence-corrected chi connectivity index (χ4v) is 2.74. The summed E-state index contributed by atoms with van der Waals surface area (Å²) in [5, 5.41) is 22.6. The van der Waals surface area contributed by atoms with Crippen molar-refractivity contribution in [2.45, 2.75) is 57.0 Å². The van der Waals surface area contributed by atoms with Gasteiger partial charge < -0.3 is 20.3 Å². The molecule has 116 valence electrons. The Morgan fingerprint density at radius 1 is 1.19 bits per heavy atom. The summed E-state index contributed by atoms with van der Waals surface area (Å²) in [6, 6.07) is 9.37. The predicted octanol–water partition coefficient (Wildman–Crippen LogP) is 1.92. The SMILES string of the molecule is CC(C)(C)OC(=O)NC1(c2ccccc2)C[C@H](O)[C@@H](O)C1. The third-order valence-corrected chi connectivity index (χ3v) is 3.63. The third kappa shape index (κ3) is 3.74. The van der Waals surface area contributed by atoms with Gasteiger partial charge in [0.1, 0.15) is 5.60 Å². The molecule has 0 saturated heterocycles. The van der Waals surface area contributed by atoms with Gasteiger partial charge in [0.15, 0.2) is 0 Å². The number of rotatable bonds is 2. The van der Waals surface area contributed by atoms with Crippen molar-refractivity contribution in [1.29, 1.82) is 0 Å². The zero-order chi connectivity index (χ0) is 15.7. The number of aliphatic hydroxyl groups excluding tert-OH is 2. The minimum absolute atomic E-state index is 0.261. The van der Waals surface area contributed by atoms with Crippen LogP contribution in [-0.4, -0.2) is 34.1 Å². The molecule has 0 aromatic heterocycles. The molecule has 0 heterocycles. The van der Waals surface area contributed by atoms with Crippen LogP contribution in [0.25, 0.3) is 0 Å². The van der Waals surface area contributed by atoms with E-state index >= 15 is 0 Å². The molecule has 3 N–H and O–H groups in total. The predicted molar refractivity (Wildman–Crippen MR) is 78.7 cm³/mol. The van der Waals surface area contributed by atoms with Gasteiger partial charge in [-0.3, -0.25) is 0 Å². The summed E-state index contributed by atoms with van der Waals surface area (Å²) in [7, 11) is 0. The van der Waals surface area contributed by atoms with Gasteiger partial charge in [0.05, 0.1) is 17.7 Å². The third-order valence-electron chi connectivity index (χ3n) is 3.63. The Morgan fingerprint density at radius 2 is 1.71 bits per heavy atom. The number of amides is 1. The smallest absolute Gasteiger partial charge is 0.408 e. The van der Waals surface area contributed by atoms with E-state index in [1.807, 2.05) is 30.3 Å². The maximum atomic E-state index is 12.1. The molecule has 5 nitrogen and oxygen atoms in total. The monoisotopic (exact) mass is 293 g/mol. The molecule has 2 atom stereocenters. The fourth-order valence-electron chi connectivity index (χ4n) is 2.74. The van der Waals surface area contributed by atoms with E-state index in [4.69, 9.17) is 4.74 Å². The van der Waals surface area contributed by atoms with E-state index in [0.29, 0.717) is 0 Å². The Hall–Kier alpha value is -1.59. The van der Waals surface area contributed by atoms with Crippen molar-refractivity contribution in [3.05, 3.63) is 35.9 Å². The molecule has 1 aromatic rings. The number of alkyl carbamates (subject to hydrolysis) is 1. The number of aliphatic hydroxyl groups is 2. The lowest BCUT2D eigenvalue weighted by Crippen LogP contribution is -2.46. The van der Waals surface area contributed by atoms with Crippen molar-refractivity contribution in [3.63, 3.8) is 0 Å². The average Bonchev–Trinajstić information content (AvgIpc) is 2.64. The van der Waals surface area contributed by atoms with Crippen LogP contribution < -0.4 is 5.32 Å². The van der Waals surface area contributed by atoms with Crippen LogP contribution in [0.1, 0.15) is 39.2 Å². The van der Waals surface area contributed by atoms with Crippen LogP contribution in [-0.2, 0) is 10.3 Å². The van der Waals surface area contributed by atoms with Crippen LogP contribution in [0.15, 0.2) is 30.3 Å². The second-order valence-corrected chi connectivity index (χ2v) is 6.62. The lowest BCUT2D eigenvalue weighted by Gasteiger charge is -2.32. The minimum atomic E-state index is -0.861. The van der Waals surface area contributed by atoms with Crippen LogP contribution in [0.4, 0.5) is 4.79 Å². The molecule has 1 amide bonds. The number of carbonyl (C=O) groups excluding carboxylic acids is 1. The van der Waals surface area contributed by atoms with E-state index in [1.165, 1.54) is 0 Å². The zero-order valence-electron chi connectivity index (χ0n) is 12.7. The van der Waals surface area contributed by atoms with Crippen molar-refractivity contribution in [2.75, 3.05) is 0 Å². The van der Waals surface area contributed by atoms with E-state index in [1.54, 1.807) is 20.8 Å². The number of hydrogen-bond donors (Lipinski definition) is 3. The molecule has 0 spiro atoms. The van der Waals surface area contributed by atoms with E-state index in [2.05, 4.69) is 5.32 Å². The number of benzene rings is 1. The van der Waals surface area contributed by atoms with Gasteiger partial charge in [0, 0.05) is 12.8 Å². The van der Waals surface area contributed by atoms with Crippen LogP contribution >= 0.6 is 0 Å². The molecule has 1 aliphatic rings. The first-order valence-corrected chi connectivity index (χ1v) is 7.15. The Kier molecular flexibility index (Phi) is 4.25. The van der Waals surface area contributed by atoms with Crippen LogP contribution in [0.5, 0.6) is 0 Å². The summed E-state index contributed by atoms with van der Waals surface area (Å²) in [6.07, 6.45) is -1.75. The normalized spacial score (nSPS) is 24.6. The molecule has 21 heavy (non-hydrogen) atoms. The Labute approximate surface area is 124 Å². The Morgan fingerprint density at radius 3 is 2.19 bits per heavy atom. The van der Waals surface area contributed by atoms with Crippen molar-refractivity contribution in [2.24, 2.45) is 0 Å². The Balaban J connectivity index is 2.24. The molecular weight excluding hydrogens is 270 g/mol. The quantitative estimate of drug-likeness (QED) is 0.778. The molecule has 5 heteroatoms. The van der Waals surface area contributed by atoms with Crippen molar-refractivity contribution >= 4 is 6.09 Å². The molecule has 0 unspecified atom stereocenters. The van der Waals surface area contributed by atoms with Crippen molar-refractivity contribution < 1.29 is 19.7 Å². The lowest BCUT2D eigenvalue weighted by molar-refractivity contribution is 0.0438. The average molecular weight is 293 g/mol. The summed E-state index contributed by atoms with van der Waals surface area (Å²) in [6.45, 7) is 5.38. The number of hydrogen-bond acceptors (Lipinski definition) is 4. The van der Waals surface area contributed by atoms with Gasteiger partial charge in [0.25, 0.3) is 0 Å². The second-order valence-electron chi connectivity index (χ2n) is 6.62. The molecule has 1 fully saturated rings. The van der Waals surface area contributed by atoms with Crippen LogP contribution in [0, 0.1) is 0 Å². The summed E-state index contributed by atoms with van der Waals surface area (Å²) in [5.41, 5.74) is -0.549. The number of carbonyl (C=O) groups is 1. The summed E-state index contributed by atoms with van der Waals surface area (Å²) < 4.78 is 5.30. The molecule has 1 saturated carbocycles. The van der Waals surface area contributed by atoms with Gasteiger partial charge in [-0.1, -0.05) is 30.3 Å². The summed E-state index contributed by atoms with van der Waals surface area (Å²) in [4.78, 5) is 12.1. The zero-order valence-corrected chi connectivity index (χ0v) is 12.7. The molecular formula is C16H23NO4. The topological polar surface area (TPSA) is 78.8 Å². The number of ether oxygens (including phenoxy) is 1. The summed E-state index contributed by atoms with van der Waals surface area (Å²) >= 11 is 0. The molecule has 0 bridgehead atoms. The van der Waals surface area contributed by atoms with Gasteiger partial charge >= 0.3 is 6.09 Å². The van der Waals surface area contributed by atoms with Gasteiger partial charge in [-0.05, 0) is 26.3 Å². The highest BCUT2D eigenvalue weighted by Crippen LogP contribution is 2.39. The van der Waals surface area contributed by atoms with Crippen LogP contribution in [0.2, 0.25) is 0 Å². The highest BCUT2D eigenvalue weighted by molar-refractivity contribution is 5.69. The highest BCUT2D eigenvalue weighted by atomic mass is 16.6. The minimum Gasteiger partial charge on any atom is -0.444 e. The summed E-state index contributed by atoms with van der Waals surface area (Å²) in [5.74, 6) is 0. The second kappa shape index (κ2) is 5.66. The first-order chi connectivity index (χ1) is 9.72. The van der Waals surface area contributed by atoms with Gasteiger partial charge in [-0.2, -0.15) is 0 Å². The fraction of sp³-hybridized carbons (Fsp3) is 0.562. The first-order valence-electron chi connectivity index (χ1n) is 7.15. The van der Waals surface area contributed by atoms with Gasteiger partial charge in [-0.15, -0.1) is 0 Å². The maximum absolute atomic E-state index is 12.1. The van der Waals surface area contributed by atoms with E-state index in [-0.39, 0.29) is 12.8 Å². The largest absolute Gasteiger partial charge is 0.444 e. The van der Waals surface area contributed by atoms with Crippen molar-refractivity contribution in [3.8, 4) is 0 Å². The Bertz CT molecular complexity index is 485. The first kappa shape index (κ1) is 15.8. The van der Waals surface area contributed by atoms with Crippen molar-refractivity contribution in [1.82, 2.24) is 5.32 Å².